The number of carbonyl (C=O) groups is 1. The van der Waals surface area contributed by atoms with Crippen molar-refractivity contribution in [1.82, 2.24) is 0 Å². The van der Waals surface area contributed by atoms with Gasteiger partial charge in [-0.05, 0) is 6.04 Å². The molecule has 0 spiro atoms. The zero-order chi connectivity index (χ0) is 8.69. The minimum absolute atomic E-state index is 0.378. The maximum absolute atomic E-state index is 10.7. The molecule has 0 N–H and O–H groups in total. The van der Waals surface area contributed by atoms with E-state index in [1.165, 1.54) is 0 Å². The van der Waals surface area contributed by atoms with E-state index < -0.39 is 9.28 Å². The van der Waals surface area contributed by atoms with Gasteiger partial charge < -0.3 is 8.85 Å². The standard InChI is InChI=1S/C7H14O3Si/c1-4-6-11(9-3)10-7(8)5-2/h5,11H,2,4,6H2,1,3H3. The van der Waals surface area contributed by atoms with Gasteiger partial charge in [0, 0.05) is 13.2 Å². The molecule has 0 aromatic rings. The highest BCUT2D eigenvalue weighted by atomic mass is 28.3. The second-order valence-corrected chi connectivity index (χ2v) is 4.24. The smallest absolute Gasteiger partial charge is 0.385 e. The average molecular weight is 174 g/mol. The van der Waals surface area contributed by atoms with E-state index in [9.17, 15) is 4.79 Å². The molecule has 0 rings (SSSR count). The summed E-state index contributed by atoms with van der Waals surface area (Å²) >= 11 is 0. The zero-order valence-corrected chi connectivity index (χ0v) is 8.16. The van der Waals surface area contributed by atoms with Crippen LogP contribution in [0.4, 0.5) is 0 Å². The molecule has 0 aromatic carbocycles. The van der Waals surface area contributed by atoms with Crippen molar-refractivity contribution in [2.24, 2.45) is 0 Å². The molecule has 0 aliphatic rings. The summed E-state index contributed by atoms with van der Waals surface area (Å²) in [4.78, 5) is 10.7. The highest BCUT2D eigenvalue weighted by Gasteiger charge is 2.13. The van der Waals surface area contributed by atoms with Crippen LogP contribution in [0.5, 0.6) is 0 Å². The molecule has 0 aliphatic heterocycles. The molecule has 1 unspecified atom stereocenters. The van der Waals surface area contributed by atoms with Gasteiger partial charge in [-0.1, -0.05) is 19.9 Å². The van der Waals surface area contributed by atoms with Gasteiger partial charge in [-0.15, -0.1) is 0 Å². The summed E-state index contributed by atoms with van der Waals surface area (Å²) in [6, 6.07) is 0.857. The van der Waals surface area contributed by atoms with Gasteiger partial charge >= 0.3 is 15.3 Å². The molecule has 0 radical (unpaired) electrons. The molecule has 3 nitrogen and oxygen atoms in total. The quantitative estimate of drug-likeness (QED) is 0.460. The maximum atomic E-state index is 10.7. The van der Waals surface area contributed by atoms with Gasteiger partial charge in [0.1, 0.15) is 0 Å². The van der Waals surface area contributed by atoms with Gasteiger partial charge in [-0.2, -0.15) is 0 Å². The number of carbonyl (C=O) groups excluding carboxylic acids is 1. The van der Waals surface area contributed by atoms with Crippen molar-refractivity contribution in [3.63, 3.8) is 0 Å². The van der Waals surface area contributed by atoms with Crippen molar-refractivity contribution in [1.29, 1.82) is 0 Å². The fraction of sp³-hybridized carbons (Fsp3) is 0.571. The van der Waals surface area contributed by atoms with E-state index in [2.05, 4.69) is 6.58 Å². The Morgan fingerprint density at radius 3 is 2.73 bits per heavy atom. The lowest BCUT2D eigenvalue weighted by Crippen LogP contribution is -2.23. The molecule has 0 saturated carbocycles. The first-order chi connectivity index (χ1) is 5.24. The van der Waals surface area contributed by atoms with Crippen LogP contribution in [0.25, 0.3) is 0 Å². The predicted molar refractivity (Wildman–Crippen MR) is 45.5 cm³/mol. The van der Waals surface area contributed by atoms with Gasteiger partial charge in [-0.3, -0.25) is 0 Å². The lowest BCUT2D eigenvalue weighted by molar-refractivity contribution is -0.130. The molecule has 11 heavy (non-hydrogen) atoms. The largest absolute Gasteiger partial charge is 0.493 e. The summed E-state index contributed by atoms with van der Waals surface area (Å²) in [5.41, 5.74) is 0. The Kier molecular flexibility index (Phi) is 5.78. The van der Waals surface area contributed by atoms with E-state index in [1.54, 1.807) is 7.11 Å². The van der Waals surface area contributed by atoms with Gasteiger partial charge in [-0.25, -0.2) is 4.79 Å². The van der Waals surface area contributed by atoms with Gasteiger partial charge in [0.05, 0.1) is 0 Å². The van der Waals surface area contributed by atoms with E-state index in [1.807, 2.05) is 6.92 Å². The monoisotopic (exact) mass is 174 g/mol. The topological polar surface area (TPSA) is 35.5 Å². The molecular weight excluding hydrogens is 160 g/mol. The summed E-state index contributed by atoms with van der Waals surface area (Å²) in [5, 5.41) is 0. The molecular formula is C7H14O3Si. The summed E-state index contributed by atoms with van der Waals surface area (Å²) in [6.45, 7) is 5.33. The summed E-state index contributed by atoms with van der Waals surface area (Å²) in [6.07, 6.45) is 2.14. The summed E-state index contributed by atoms with van der Waals surface area (Å²) < 4.78 is 9.96. The molecule has 0 saturated heterocycles. The average Bonchev–Trinajstić information content (AvgIpc) is 2.03. The highest BCUT2D eigenvalue weighted by Crippen LogP contribution is 1.99. The molecule has 0 aliphatic carbocycles. The van der Waals surface area contributed by atoms with Crippen molar-refractivity contribution in [2.75, 3.05) is 7.11 Å². The van der Waals surface area contributed by atoms with Crippen LogP contribution < -0.4 is 0 Å². The summed E-state index contributed by atoms with van der Waals surface area (Å²) in [5.74, 6) is -0.378. The van der Waals surface area contributed by atoms with Gasteiger partial charge in [0.25, 0.3) is 0 Å². The summed E-state index contributed by atoms with van der Waals surface area (Å²) in [7, 11) is -0.137. The normalized spacial score (nSPS) is 12.2. The van der Waals surface area contributed by atoms with Crippen LogP contribution in [-0.4, -0.2) is 22.4 Å². The first-order valence-electron chi connectivity index (χ1n) is 3.60. The Hall–Kier alpha value is -0.613. The lowest BCUT2D eigenvalue weighted by Gasteiger charge is -2.10. The fourth-order valence-electron chi connectivity index (χ4n) is 0.638. The van der Waals surface area contributed by atoms with Crippen molar-refractivity contribution in [3.8, 4) is 0 Å². The Labute approximate surface area is 68.9 Å². The Balaban J connectivity index is 3.67. The molecule has 4 heteroatoms. The Morgan fingerprint density at radius 1 is 1.73 bits per heavy atom. The molecule has 64 valence electrons. The fourth-order valence-corrected chi connectivity index (χ4v) is 1.91. The van der Waals surface area contributed by atoms with Crippen molar-refractivity contribution in [2.45, 2.75) is 19.4 Å². The van der Waals surface area contributed by atoms with E-state index in [0.717, 1.165) is 18.5 Å². The zero-order valence-electron chi connectivity index (χ0n) is 7.00. The van der Waals surface area contributed by atoms with Crippen LogP contribution in [-0.2, 0) is 13.6 Å². The predicted octanol–water partition coefficient (Wildman–Crippen LogP) is 0.992. The van der Waals surface area contributed by atoms with Crippen molar-refractivity contribution in [3.05, 3.63) is 12.7 Å². The second kappa shape index (κ2) is 6.12. The molecule has 1 atom stereocenters. The number of rotatable bonds is 5. The second-order valence-electron chi connectivity index (χ2n) is 2.09. The lowest BCUT2D eigenvalue weighted by atomic mass is 10.6. The van der Waals surface area contributed by atoms with Crippen LogP contribution in [0.15, 0.2) is 12.7 Å². The Morgan fingerprint density at radius 2 is 2.36 bits per heavy atom. The van der Waals surface area contributed by atoms with E-state index in [0.29, 0.717) is 0 Å². The van der Waals surface area contributed by atoms with Crippen molar-refractivity contribution < 1.29 is 13.6 Å². The van der Waals surface area contributed by atoms with Crippen LogP contribution in [0.1, 0.15) is 13.3 Å². The first kappa shape index (κ1) is 10.4. The van der Waals surface area contributed by atoms with Crippen LogP contribution in [0.3, 0.4) is 0 Å². The SMILES string of the molecule is C=CC(=O)O[SiH](CCC)OC. The van der Waals surface area contributed by atoms with E-state index >= 15 is 0 Å². The van der Waals surface area contributed by atoms with Crippen LogP contribution >= 0.6 is 0 Å². The highest BCUT2D eigenvalue weighted by molar-refractivity contribution is 6.46. The molecule has 0 amide bonds. The molecule has 0 bridgehead atoms. The Bertz CT molecular complexity index is 136. The first-order valence-corrected chi connectivity index (χ1v) is 5.36. The number of hydrogen-bond acceptors (Lipinski definition) is 3. The third-order valence-electron chi connectivity index (χ3n) is 1.20. The van der Waals surface area contributed by atoms with E-state index in [4.69, 9.17) is 8.85 Å². The molecule has 0 fully saturated rings. The van der Waals surface area contributed by atoms with Gasteiger partial charge in [0.2, 0.25) is 0 Å². The third kappa shape index (κ3) is 4.75. The third-order valence-corrected chi connectivity index (χ3v) is 3.27. The minimum Gasteiger partial charge on any atom is -0.493 e. The van der Waals surface area contributed by atoms with Crippen LogP contribution in [0.2, 0.25) is 6.04 Å². The number of hydrogen-bond donors (Lipinski definition) is 0. The molecule has 0 heterocycles. The van der Waals surface area contributed by atoms with E-state index in [-0.39, 0.29) is 5.97 Å². The van der Waals surface area contributed by atoms with Crippen LogP contribution in [0, 0.1) is 0 Å². The van der Waals surface area contributed by atoms with Crippen molar-refractivity contribution >= 4 is 15.3 Å². The maximum Gasteiger partial charge on any atom is 0.385 e. The van der Waals surface area contributed by atoms with Gasteiger partial charge in [0.15, 0.2) is 0 Å². The molecule has 0 aromatic heterocycles. The minimum atomic E-state index is -1.71.